The molecule has 4 aliphatic rings. The van der Waals surface area contributed by atoms with Crippen molar-refractivity contribution in [1.82, 2.24) is 0 Å². The highest BCUT2D eigenvalue weighted by Gasteiger charge is 2.60. The summed E-state index contributed by atoms with van der Waals surface area (Å²) in [6, 6.07) is 9.39. The van der Waals surface area contributed by atoms with Crippen molar-refractivity contribution in [3.05, 3.63) is 47.5 Å². The van der Waals surface area contributed by atoms with Gasteiger partial charge in [0.2, 0.25) is 0 Å². The van der Waals surface area contributed by atoms with Crippen LogP contribution in [0.3, 0.4) is 0 Å². The number of hydrogen-bond acceptors (Lipinski definition) is 4. The fraction of sp³-hybridized carbons (Fsp3) is 0.722. The van der Waals surface area contributed by atoms with E-state index in [1.54, 1.807) is 0 Å². The molecule has 1 aromatic carbocycles. The van der Waals surface area contributed by atoms with Gasteiger partial charge in [-0.1, -0.05) is 76.8 Å². The Morgan fingerprint density at radius 3 is 2.48 bits per heavy atom. The van der Waals surface area contributed by atoms with Crippen molar-refractivity contribution in [2.24, 2.45) is 46.3 Å². The lowest BCUT2D eigenvalue weighted by Crippen LogP contribution is -2.54. The highest BCUT2D eigenvalue weighted by atomic mass is 16.5. The van der Waals surface area contributed by atoms with E-state index in [1.807, 2.05) is 30.3 Å². The zero-order valence-corrected chi connectivity index (χ0v) is 25.6. The maximum Gasteiger partial charge on any atom is 0.338 e. The minimum Gasteiger partial charge on any atom is -0.462 e. The van der Waals surface area contributed by atoms with E-state index >= 15 is 0 Å². The number of hydrogen-bond donors (Lipinski definition) is 0. The van der Waals surface area contributed by atoms with Gasteiger partial charge in [-0.2, -0.15) is 0 Å². The number of esters is 2. The Kier molecular flexibility index (Phi) is 8.83. The largest absolute Gasteiger partial charge is 0.462 e. The van der Waals surface area contributed by atoms with Gasteiger partial charge in [-0.3, -0.25) is 4.79 Å². The van der Waals surface area contributed by atoms with Crippen LogP contribution in [0.2, 0.25) is 0 Å². The van der Waals surface area contributed by atoms with E-state index < -0.39 is 0 Å². The number of carbonyl (C=O) groups is 2. The first kappa shape index (κ1) is 29.4. The van der Waals surface area contributed by atoms with Crippen LogP contribution in [0, 0.1) is 46.3 Å². The maximum absolute atomic E-state index is 13.1. The van der Waals surface area contributed by atoms with Crippen LogP contribution in [-0.2, 0) is 14.3 Å². The molecule has 0 heterocycles. The fourth-order valence-electron chi connectivity index (χ4n) is 9.90. The van der Waals surface area contributed by atoms with Crippen LogP contribution in [0.15, 0.2) is 42.0 Å². The van der Waals surface area contributed by atoms with Gasteiger partial charge in [0.15, 0.2) is 0 Å². The van der Waals surface area contributed by atoms with Gasteiger partial charge < -0.3 is 9.47 Å². The van der Waals surface area contributed by atoms with E-state index in [0.29, 0.717) is 29.4 Å². The molecule has 0 N–H and O–H groups in total. The molecule has 40 heavy (non-hydrogen) atoms. The van der Waals surface area contributed by atoms with Crippen LogP contribution in [0.5, 0.6) is 0 Å². The number of ether oxygens (including phenoxy) is 2. The first-order valence-electron chi connectivity index (χ1n) is 16.2. The molecular formula is C36H52O4. The maximum atomic E-state index is 13.1. The highest BCUT2D eigenvalue weighted by Crippen LogP contribution is 2.67. The van der Waals surface area contributed by atoms with Crippen LogP contribution in [0.4, 0.5) is 0 Å². The quantitative estimate of drug-likeness (QED) is 0.229. The number of carbonyl (C=O) groups excluding carboxylic acids is 2. The molecular weight excluding hydrogens is 496 g/mol. The topological polar surface area (TPSA) is 52.6 Å². The van der Waals surface area contributed by atoms with Gasteiger partial charge in [0.1, 0.15) is 12.7 Å². The first-order chi connectivity index (χ1) is 19.1. The first-order valence-corrected chi connectivity index (χ1v) is 16.2. The summed E-state index contributed by atoms with van der Waals surface area (Å²) in [4.78, 5) is 24.9. The Bertz CT molecular complexity index is 1080. The molecule has 8 atom stereocenters. The predicted molar refractivity (Wildman–Crippen MR) is 160 cm³/mol. The fourth-order valence-corrected chi connectivity index (χ4v) is 9.90. The van der Waals surface area contributed by atoms with Crippen molar-refractivity contribution in [3.8, 4) is 0 Å². The molecule has 0 unspecified atom stereocenters. The lowest BCUT2D eigenvalue weighted by atomic mass is 9.46. The molecule has 0 radical (unpaired) electrons. The third-order valence-electron chi connectivity index (χ3n) is 11.8. The molecule has 4 aliphatic carbocycles. The van der Waals surface area contributed by atoms with Crippen LogP contribution in [-0.4, -0.2) is 24.6 Å². The van der Waals surface area contributed by atoms with Crippen LogP contribution in [0.25, 0.3) is 0 Å². The zero-order valence-electron chi connectivity index (χ0n) is 25.6. The van der Waals surface area contributed by atoms with Gasteiger partial charge in [0.05, 0.1) is 5.56 Å². The van der Waals surface area contributed by atoms with Gasteiger partial charge in [-0.05, 0) is 98.0 Å². The molecule has 3 fully saturated rings. The van der Waals surface area contributed by atoms with E-state index in [0.717, 1.165) is 49.4 Å². The molecule has 1 aromatic rings. The summed E-state index contributed by atoms with van der Waals surface area (Å²) >= 11 is 0. The van der Waals surface area contributed by atoms with Crippen molar-refractivity contribution >= 4 is 11.9 Å². The summed E-state index contributed by atoms with van der Waals surface area (Å²) in [5, 5.41) is 0. The van der Waals surface area contributed by atoms with E-state index in [4.69, 9.17) is 9.47 Å². The molecule has 0 spiro atoms. The SMILES string of the molecule is CC(=O)O[C@H]1CC[C@@]2(COC(=O)c3ccccc3)C(=CC[C@@H]3[C@@H]2CC[C@]2(C)[C@@H]([C@H](C)CCCC(C)C)CC[C@@H]32)C1. The van der Waals surface area contributed by atoms with Crippen LogP contribution in [0.1, 0.15) is 116 Å². The number of fused-ring (bicyclic) bond motifs is 5. The number of benzene rings is 1. The molecule has 0 amide bonds. The highest BCUT2D eigenvalue weighted by molar-refractivity contribution is 5.89. The minimum atomic E-state index is -0.227. The van der Waals surface area contributed by atoms with Gasteiger partial charge in [-0.25, -0.2) is 4.79 Å². The standard InChI is InChI=1S/C36H52O4/c1-24(2)10-9-11-25(3)31-16-17-32-30-15-14-28-22-29(40-26(4)37)18-21-36(28,33(30)19-20-35(31,32)5)23-39-34(38)27-12-7-6-8-13-27/h6-8,12-14,24-25,29-33H,9-11,15-23H2,1-5H3/t25-,29+,30+,31-,32+,33+,35-,36-/m1/s1. The Labute approximate surface area is 242 Å². The molecule has 4 heteroatoms. The summed E-state index contributed by atoms with van der Waals surface area (Å²) < 4.78 is 11.9. The minimum absolute atomic E-state index is 0.0605. The van der Waals surface area contributed by atoms with Crippen molar-refractivity contribution < 1.29 is 19.1 Å². The second-order valence-electron chi connectivity index (χ2n) is 14.4. The van der Waals surface area contributed by atoms with Crippen molar-refractivity contribution in [1.29, 1.82) is 0 Å². The molecule has 220 valence electrons. The van der Waals surface area contributed by atoms with Gasteiger partial charge in [-0.15, -0.1) is 0 Å². The number of rotatable bonds is 9. The summed E-state index contributed by atoms with van der Waals surface area (Å²) in [5.41, 5.74) is 2.28. The van der Waals surface area contributed by atoms with E-state index in [1.165, 1.54) is 57.4 Å². The van der Waals surface area contributed by atoms with Crippen LogP contribution >= 0.6 is 0 Å². The normalized spacial score (nSPS) is 35.6. The molecule has 3 saturated carbocycles. The van der Waals surface area contributed by atoms with Crippen molar-refractivity contribution in [2.45, 2.75) is 111 Å². The molecule has 0 bridgehead atoms. The average molecular weight is 549 g/mol. The molecule has 5 rings (SSSR count). The Balaban J connectivity index is 1.37. The Morgan fingerprint density at radius 2 is 1.75 bits per heavy atom. The van der Waals surface area contributed by atoms with Crippen molar-refractivity contribution in [3.63, 3.8) is 0 Å². The second kappa shape index (κ2) is 12.0. The molecule has 0 aliphatic heterocycles. The monoisotopic (exact) mass is 548 g/mol. The molecule has 0 saturated heterocycles. The molecule has 4 nitrogen and oxygen atoms in total. The van der Waals surface area contributed by atoms with E-state index in [-0.39, 0.29) is 23.5 Å². The zero-order chi connectivity index (χ0) is 28.5. The van der Waals surface area contributed by atoms with Gasteiger partial charge >= 0.3 is 11.9 Å². The summed E-state index contributed by atoms with van der Waals surface area (Å²) in [7, 11) is 0. The Morgan fingerprint density at radius 1 is 0.975 bits per heavy atom. The van der Waals surface area contributed by atoms with E-state index in [9.17, 15) is 9.59 Å². The lowest BCUT2D eigenvalue weighted by molar-refractivity contribution is -0.149. The van der Waals surface area contributed by atoms with Gasteiger partial charge in [0.25, 0.3) is 0 Å². The molecule has 0 aromatic heterocycles. The third-order valence-corrected chi connectivity index (χ3v) is 11.8. The lowest BCUT2D eigenvalue weighted by Gasteiger charge is -2.59. The second-order valence-corrected chi connectivity index (χ2v) is 14.4. The predicted octanol–water partition coefficient (Wildman–Crippen LogP) is 8.80. The third kappa shape index (κ3) is 5.66. The summed E-state index contributed by atoms with van der Waals surface area (Å²) in [6.45, 7) is 11.8. The van der Waals surface area contributed by atoms with E-state index in [2.05, 4.69) is 33.8 Å². The average Bonchev–Trinajstić information content (AvgIpc) is 3.29. The van der Waals surface area contributed by atoms with Crippen LogP contribution < -0.4 is 0 Å². The smallest absolute Gasteiger partial charge is 0.338 e. The number of allylic oxidation sites excluding steroid dienone is 1. The van der Waals surface area contributed by atoms with Crippen molar-refractivity contribution in [2.75, 3.05) is 6.61 Å². The summed E-state index contributed by atoms with van der Waals surface area (Å²) in [6.07, 6.45) is 15.4. The van der Waals surface area contributed by atoms with Gasteiger partial charge in [0, 0.05) is 18.8 Å². The Hall–Kier alpha value is -2.10. The summed E-state index contributed by atoms with van der Waals surface area (Å²) in [5.74, 6) is 3.90.